The highest BCUT2D eigenvalue weighted by molar-refractivity contribution is 6.08. The lowest BCUT2D eigenvalue weighted by molar-refractivity contribution is 0.103. The molecule has 0 saturated carbocycles. The predicted octanol–water partition coefficient (Wildman–Crippen LogP) is 1.42. The van der Waals surface area contributed by atoms with Crippen LogP contribution in [0.3, 0.4) is 0 Å². The van der Waals surface area contributed by atoms with Crippen LogP contribution in [-0.2, 0) is 0 Å². The molecule has 86 valence electrons. The first-order chi connectivity index (χ1) is 8.22. The summed E-state index contributed by atoms with van der Waals surface area (Å²) in [7, 11) is 1.45. The number of hydrogen-bond acceptors (Lipinski definition) is 5. The molecule has 0 atom stereocenters. The van der Waals surface area contributed by atoms with E-state index in [9.17, 15) is 4.79 Å². The summed E-state index contributed by atoms with van der Waals surface area (Å²) in [5, 5.41) is 0. The highest BCUT2D eigenvalue weighted by atomic mass is 16.5. The normalized spacial score (nSPS) is 10.0. The van der Waals surface area contributed by atoms with Crippen LogP contribution in [0.1, 0.15) is 21.7 Å². The van der Waals surface area contributed by atoms with Crippen LogP contribution in [0.5, 0.6) is 5.88 Å². The van der Waals surface area contributed by atoms with Crippen molar-refractivity contribution in [3.63, 3.8) is 0 Å². The second kappa shape index (κ2) is 4.69. The number of ether oxygens (including phenoxy) is 1. The van der Waals surface area contributed by atoms with E-state index in [1.165, 1.54) is 25.7 Å². The molecule has 2 aromatic rings. The molecular weight excluding hydrogens is 218 g/mol. The van der Waals surface area contributed by atoms with Gasteiger partial charge in [0.15, 0.2) is 5.69 Å². The van der Waals surface area contributed by atoms with E-state index in [0.29, 0.717) is 5.56 Å². The standard InChI is InChI=1S/C12H11N3O2/c1-8-3-4-9(7-15-8)11(16)10-12(17-2)14-6-5-13-10/h3-7H,1-2H3. The number of nitrogens with zero attached hydrogens (tertiary/aromatic N) is 3. The molecule has 0 radical (unpaired) electrons. The number of carbonyl (C=O) groups excluding carboxylic acids is 1. The van der Waals surface area contributed by atoms with E-state index in [1.54, 1.807) is 12.1 Å². The van der Waals surface area contributed by atoms with Gasteiger partial charge in [0.1, 0.15) is 0 Å². The van der Waals surface area contributed by atoms with Crippen LogP contribution in [0.15, 0.2) is 30.7 Å². The van der Waals surface area contributed by atoms with E-state index < -0.39 is 0 Å². The summed E-state index contributed by atoms with van der Waals surface area (Å²) >= 11 is 0. The Morgan fingerprint density at radius 3 is 2.59 bits per heavy atom. The molecule has 0 aliphatic carbocycles. The van der Waals surface area contributed by atoms with Crippen molar-refractivity contribution in [1.29, 1.82) is 0 Å². The summed E-state index contributed by atoms with van der Waals surface area (Å²) in [5.74, 6) is -0.0273. The molecule has 0 saturated heterocycles. The first-order valence-electron chi connectivity index (χ1n) is 5.04. The van der Waals surface area contributed by atoms with Crippen LogP contribution >= 0.6 is 0 Å². The molecule has 5 nitrogen and oxygen atoms in total. The Morgan fingerprint density at radius 1 is 1.18 bits per heavy atom. The predicted molar refractivity (Wildman–Crippen MR) is 61.0 cm³/mol. The van der Waals surface area contributed by atoms with Crippen LogP contribution in [-0.4, -0.2) is 27.8 Å². The summed E-state index contributed by atoms with van der Waals surface area (Å²) in [5.41, 5.74) is 1.52. The minimum Gasteiger partial charge on any atom is -0.479 e. The van der Waals surface area contributed by atoms with Crippen molar-refractivity contribution in [1.82, 2.24) is 15.0 Å². The van der Waals surface area contributed by atoms with Gasteiger partial charge < -0.3 is 4.74 Å². The number of carbonyl (C=O) groups is 1. The molecule has 2 rings (SSSR count). The summed E-state index contributed by atoms with van der Waals surface area (Å²) in [4.78, 5) is 24.1. The van der Waals surface area contributed by atoms with Crippen molar-refractivity contribution in [2.45, 2.75) is 6.92 Å². The summed E-state index contributed by atoms with van der Waals surface area (Å²) in [6.07, 6.45) is 4.45. The zero-order valence-corrected chi connectivity index (χ0v) is 9.54. The molecule has 0 N–H and O–H groups in total. The minimum atomic E-state index is -0.248. The van der Waals surface area contributed by atoms with E-state index >= 15 is 0 Å². The third-order valence-corrected chi connectivity index (χ3v) is 2.25. The Labute approximate surface area is 98.5 Å². The largest absolute Gasteiger partial charge is 0.479 e. The topological polar surface area (TPSA) is 65.0 Å². The fourth-order valence-corrected chi connectivity index (χ4v) is 1.37. The minimum absolute atomic E-state index is 0.195. The maximum atomic E-state index is 12.1. The third kappa shape index (κ3) is 2.28. The number of aromatic nitrogens is 3. The van der Waals surface area contributed by atoms with Gasteiger partial charge in [0.25, 0.3) is 0 Å². The maximum absolute atomic E-state index is 12.1. The third-order valence-electron chi connectivity index (χ3n) is 2.25. The lowest BCUT2D eigenvalue weighted by Crippen LogP contribution is -2.08. The molecule has 2 heterocycles. The molecule has 0 aliphatic rings. The molecule has 0 unspecified atom stereocenters. The van der Waals surface area contributed by atoms with E-state index in [4.69, 9.17) is 4.74 Å². The summed E-state index contributed by atoms with van der Waals surface area (Å²) in [6.45, 7) is 1.86. The van der Waals surface area contributed by atoms with Crippen LogP contribution < -0.4 is 4.74 Å². The first-order valence-corrected chi connectivity index (χ1v) is 5.04. The van der Waals surface area contributed by atoms with Crippen LogP contribution in [0.4, 0.5) is 0 Å². The van der Waals surface area contributed by atoms with Crippen molar-refractivity contribution in [3.05, 3.63) is 47.7 Å². The van der Waals surface area contributed by atoms with Crippen molar-refractivity contribution in [2.24, 2.45) is 0 Å². The van der Waals surface area contributed by atoms with Gasteiger partial charge in [-0.1, -0.05) is 0 Å². The Morgan fingerprint density at radius 2 is 1.94 bits per heavy atom. The maximum Gasteiger partial charge on any atom is 0.243 e. The van der Waals surface area contributed by atoms with Crippen molar-refractivity contribution in [3.8, 4) is 5.88 Å². The number of methoxy groups -OCH3 is 1. The SMILES string of the molecule is COc1nccnc1C(=O)c1ccc(C)nc1. The zero-order valence-electron chi connectivity index (χ0n) is 9.54. The highest BCUT2D eigenvalue weighted by Gasteiger charge is 2.16. The van der Waals surface area contributed by atoms with Gasteiger partial charge in [0, 0.05) is 29.8 Å². The molecule has 0 aliphatic heterocycles. The van der Waals surface area contributed by atoms with E-state index in [1.807, 2.05) is 6.92 Å². The van der Waals surface area contributed by atoms with E-state index in [0.717, 1.165) is 5.69 Å². The molecule has 0 bridgehead atoms. The summed E-state index contributed by atoms with van der Waals surface area (Å²) in [6, 6.07) is 3.48. The number of hydrogen-bond donors (Lipinski definition) is 0. The smallest absolute Gasteiger partial charge is 0.243 e. The molecule has 0 amide bonds. The first kappa shape index (κ1) is 11.2. The van der Waals surface area contributed by atoms with Gasteiger partial charge >= 0.3 is 0 Å². The lowest BCUT2D eigenvalue weighted by atomic mass is 10.1. The Hall–Kier alpha value is -2.30. The molecule has 5 heteroatoms. The average Bonchev–Trinajstić information content (AvgIpc) is 2.39. The average molecular weight is 229 g/mol. The fourth-order valence-electron chi connectivity index (χ4n) is 1.37. The highest BCUT2D eigenvalue weighted by Crippen LogP contribution is 2.15. The van der Waals surface area contributed by atoms with Crippen molar-refractivity contribution in [2.75, 3.05) is 7.11 Å². The molecule has 17 heavy (non-hydrogen) atoms. The van der Waals surface area contributed by atoms with Gasteiger partial charge in [-0.05, 0) is 19.1 Å². The van der Waals surface area contributed by atoms with Crippen LogP contribution in [0.25, 0.3) is 0 Å². The van der Waals surface area contributed by atoms with E-state index in [-0.39, 0.29) is 17.4 Å². The quantitative estimate of drug-likeness (QED) is 0.745. The Kier molecular flexibility index (Phi) is 3.09. The van der Waals surface area contributed by atoms with Crippen LogP contribution in [0.2, 0.25) is 0 Å². The molecule has 2 aromatic heterocycles. The molecule has 0 aromatic carbocycles. The van der Waals surface area contributed by atoms with Crippen LogP contribution in [0, 0.1) is 6.92 Å². The summed E-state index contributed by atoms with van der Waals surface area (Å²) < 4.78 is 5.00. The molecule has 0 spiro atoms. The zero-order chi connectivity index (χ0) is 12.3. The molecular formula is C12H11N3O2. The van der Waals surface area contributed by atoms with E-state index in [2.05, 4.69) is 15.0 Å². The monoisotopic (exact) mass is 229 g/mol. The second-order valence-electron chi connectivity index (χ2n) is 3.43. The number of pyridine rings is 1. The molecule has 0 fully saturated rings. The Bertz CT molecular complexity index is 538. The van der Waals surface area contributed by atoms with Gasteiger partial charge in [0.05, 0.1) is 7.11 Å². The number of ketones is 1. The fraction of sp³-hybridized carbons (Fsp3) is 0.167. The number of rotatable bonds is 3. The lowest BCUT2D eigenvalue weighted by Gasteiger charge is -2.04. The van der Waals surface area contributed by atoms with Gasteiger partial charge in [-0.2, -0.15) is 0 Å². The van der Waals surface area contributed by atoms with Crippen molar-refractivity contribution < 1.29 is 9.53 Å². The second-order valence-corrected chi connectivity index (χ2v) is 3.43. The number of aryl methyl sites for hydroxylation is 1. The Balaban J connectivity index is 2.40. The van der Waals surface area contributed by atoms with Gasteiger partial charge in [-0.3, -0.25) is 9.78 Å². The van der Waals surface area contributed by atoms with Crippen molar-refractivity contribution >= 4 is 5.78 Å². The van der Waals surface area contributed by atoms with Gasteiger partial charge in [-0.25, -0.2) is 9.97 Å². The van der Waals surface area contributed by atoms with Gasteiger partial charge in [-0.15, -0.1) is 0 Å². The van der Waals surface area contributed by atoms with Gasteiger partial charge in [0.2, 0.25) is 11.7 Å².